The number of likely N-dealkylation sites (tertiary alicyclic amines) is 1. The molecule has 1 fully saturated rings. The standard InChI is InChI=1S/C10H18N4S/c1-13-5-2-9(3-6-13)4-7-14-8-11-12-10(14)15/h8-9H,2-7H2,1H3,(H,12,15). The van der Waals surface area contributed by atoms with Crippen LogP contribution in [0.25, 0.3) is 0 Å². The normalized spacial score (nSPS) is 19.5. The molecule has 1 saturated heterocycles. The van der Waals surface area contributed by atoms with Crippen LogP contribution in [0.15, 0.2) is 6.33 Å². The van der Waals surface area contributed by atoms with Crippen LogP contribution >= 0.6 is 12.2 Å². The first kappa shape index (κ1) is 10.8. The van der Waals surface area contributed by atoms with Crippen molar-refractivity contribution >= 4 is 12.2 Å². The molecular weight excluding hydrogens is 208 g/mol. The Balaban J connectivity index is 1.79. The number of aromatic amines is 1. The quantitative estimate of drug-likeness (QED) is 0.797. The van der Waals surface area contributed by atoms with Crippen molar-refractivity contribution in [3.05, 3.63) is 11.1 Å². The molecule has 1 N–H and O–H groups in total. The molecule has 15 heavy (non-hydrogen) atoms. The van der Waals surface area contributed by atoms with Crippen LogP contribution < -0.4 is 0 Å². The first-order valence-corrected chi connectivity index (χ1v) is 5.95. The summed E-state index contributed by atoms with van der Waals surface area (Å²) < 4.78 is 2.76. The van der Waals surface area contributed by atoms with Crippen molar-refractivity contribution < 1.29 is 0 Å². The number of rotatable bonds is 3. The molecule has 5 heteroatoms. The van der Waals surface area contributed by atoms with E-state index in [1.807, 2.05) is 4.57 Å². The van der Waals surface area contributed by atoms with Crippen LogP contribution in [-0.2, 0) is 6.54 Å². The van der Waals surface area contributed by atoms with Crippen LogP contribution in [0.5, 0.6) is 0 Å². The van der Waals surface area contributed by atoms with Gasteiger partial charge in [-0.15, -0.1) is 0 Å². The van der Waals surface area contributed by atoms with E-state index in [2.05, 4.69) is 22.1 Å². The summed E-state index contributed by atoms with van der Waals surface area (Å²) in [6, 6.07) is 0. The Morgan fingerprint density at radius 2 is 2.27 bits per heavy atom. The average Bonchev–Trinajstić information content (AvgIpc) is 2.63. The molecule has 0 saturated carbocycles. The van der Waals surface area contributed by atoms with Gasteiger partial charge in [0.1, 0.15) is 6.33 Å². The van der Waals surface area contributed by atoms with Gasteiger partial charge in [0.15, 0.2) is 4.77 Å². The molecule has 0 aliphatic carbocycles. The Kier molecular flexibility index (Phi) is 3.53. The minimum atomic E-state index is 0.739. The van der Waals surface area contributed by atoms with Crippen molar-refractivity contribution in [3.8, 4) is 0 Å². The van der Waals surface area contributed by atoms with Gasteiger partial charge in [-0.25, -0.2) is 0 Å². The smallest absolute Gasteiger partial charge is 0.194 e. The van der Waals surface area contributed by atoms with Crippen molar-refractivity contribution in [2.45, 2.75) is 25.8 Å². The van der Waals surface area contributed by atoms with Gasteiger partial charge < -0.3 is 9.47 Å². The van der Waals surface area contributed by atoms with Crippen molar-refractivity contribution in [3.63, 3.8) is 0 Å². The van der Waals surface area contributed by atoms with Crippen LogP contribution in [0.1, 0.15) is 19.3 Å². The van der Waals surface area contributed by atoms with Crippen LogP contribution in [0, 0.1) is 10.7 Å². The van der Waals surface area contributed by atoms with Crippen molar-refractivity contribution in [2.75, 3.05) is 20.1 Å². The lowest BCUT2D eigenvalue weighted by Gasteiger charge is -2.28. The molecule has 0 atom stereocenters. The number of nitrogens with one attached hydrogen (secondary N) is 1. The van der Waals surface area contributed by atoms with Gasteiger partial charge in [0.05, 0.1) is 0 Å². The predicted molar refractivity (Wildman–Crippen MR) is 62.2 cm³/mol. The summed E-state index contributed by atoms with van der Waals surface area (Å²) in [5.74, 6) is 0.859. The van der Waals surface area contributed by atoms with E-state index in [-0.39, 0.29) is 0 Å². The third kappa shape index (κ3) is 2.89. The fourth-order valence-corrected chi connectivity index (χ4v) is 2.29. The van der Waals surface area contributed by atoms with Gasteiger partial charge in [0.25, 0.3) is 0 Å². The maximum absolute atomic E-state index is 5.11. The van der Waals surface area contributed by atoms with E-state index < -0.39 is 0 Å². The monoisotopic (exact) mass is 226 g/mol. The topological polar surface area (TPSA) is 36.9 Å². The van der Waals surface area contributed by atoms with Gasteiger partial charge in [-0.1, -0.05) is 0 Å². The summed E-state index contributed by atoms with van der Waals surface area (Å²) in [4.78, 5) is 2.40. The number of nitrogens with zero attached hydrogens (tertiary/aromatic N) is 3. The Bertz CT molecular complexity index is 348. The molecule has 0 radical (unpaired) electrons. The second kappa shape index (κ2) is 4.90. The minimum Gasteiger partial charge on any atom is -0.307 e. The van der Waals surface area contributed by atoms with E-state index in [1.54, 1.807) is 6.33 Å². The van der Waals surface area contributed by atoms with Gasteiger partial charge in [0, 0.05) is 6.54 Å². The molecule has 4 nitrogen and oxygen atoms in total. The van der Waals surface area contributed by atoms with Gasteiger partial charge in [-0.05, 0) is 57.5 Å². The van der Waals surface area contributed by atoms with E-state index in [9.17, 15) is 0 Å². The maximum atomic E-state index is 5.11. The minimum absolute atomic E-state index is 0.739. The van der Waals surface area contributed by atoms with Crippen LogP contribution in [0.3, 0.4) is 0 Å². The molecule has 1 aromatic rings. The molecule has 84 valence electrons. The maximum Gasteiger partial charge on any atom is 0.194 e. The first-order valence-electron chi connectivity index (χ1n) is 5.54. The van der Waals surface area contributed by atoms with E-state index in [0.29, 0.717) is 0 Å². The lowest BCUT2D eigenvalue weighted by molar-refractivity contribution is 0.208. The fraction of sp³-hybridized carbons (Fsp3) is 0.800. The zero-order valence-corrected chi connectivity index (χ0v) is 9.96. The molecule has 1 aliphatic rings. The summed E-state index contributed by atoms with van der Waals surface area (Å²) in [5.41, 5.74) is 0. The number of aryl methyl sites for hydroxylation is 1. The van der Waals surface area contributed by atoms with E-state index in [4.69, 9.17) is 12.2 Å². The highest BCUT2D eigenvalue weighted by molar-refractivity contribution is 7.71. The third-order valence-electron chi connectivity index (χ3n) is 3.23. The molecule has 0 aromatic carbocycles. The van der Waals surface area contributed by atoms with Crippen LogP contribution in [0.2, 0.25) is 0 Å². The van der Waals surface area contributed by atoms with E-state index >= 15 is 0 Å². The molecule has 0 amide bonds. The van der Waals surface area contributed by atoms with Gasteiger partial charge in [-0.3, -0.25) is 5.10 Å². The summed E-state index contributed by atoms with van der Waals surface area (Å²) in [6.07, 6.45) is 5.66. The molecule has 1 aromatic heterocycles. The number of H-pyrrole nitrogens is 1. The first-order chi connectivity index (χ1) is 7.25. The molecule has 0 spiro atoms. The fourth-order valence-electron chi connectivity index (χ4n) is 2.10. The van der Waals surface area contributed by atoms with Gasteiger partial charge in [0.2, 0.25) is 0 Å². The lowest BCUT2D eigenvalue weighted by Crippen LogP contribution is -2.30. The number of hydrogen-bond donors (Lipinski definition) is 1. The predicted octanol–water partition coefficient (Wildman–Crippen LogP) is 1.67. The van der Waals surface area contributed by atoms with Crippen molar-refractivity contribution in [1.29, 1.82) is 0 Å². The summed E-state index contributed by atoms with van der Waals surface area (Å²) >= 11 is 5.11. The zero-order chi connectivity index (χ0) is 10.7. The largest absolute Gasteiger partial charge is 0.307 e. The van der Waals surface area contributed by atoms with Gasteiger partial charge >= 0.3 is 0 Å². The lowest BCUT2D eigenvalue weighted by atomic mass is 9.94. The molecule has 1 aliphatic heterocycles. The van der Waals surface area contributed by atoms with Crippen LogP contribution in [0.4, 0.5) is 0 Å². The average molecular weight is 226 g/mol. The summed E-state index contributed by atoms with van der Waals surface area (Å²) in [6.45, 7) is 3.48. The molecule has 2 rings (SSSR count). The number of aromatic nitrogens is 3. The summed E-state index contributed by atoms with van der Waals surface area (Å²) in [7, 11) is 2.20. The highest BCUT2D eigenvalue weighted by Gasteiger charge is 2.16. The van der Waals surface area contributed by atoms with Crippen LogP contribution in [-0.4, -0.2) is 39.8 Å². The van der Waals surface area contributed by atoms with Crippen molar-refractivity contribution in [1.82, 2.24) is 19.7 Å². The highest BCUT2D eigenvalue weighted by Crippen LogP contribution is 2.19. The molecule has 0 unspecified atom stereocenters. The molecule has 0 bridgehead atoms. The number of piperidine rings is 1. The number of hydrogen-bond acceptors (Lipinski definition) is 3. The Labute approximate surface area is 95.3 Å². The van der Waals surface area contributed by atoms with E-state index in [0.717, 1.165) is 17.2 Å². The second-order valence-corrected chi connectivity index (χ2v) is 4.78. The molecular formula is C10H18N4S. The highest BCUT2D eigenvalue weighted by atomic mass is 32.1. The Morgan fingerprint density at radius 1 is 1.53 bits per heavy atom. The Hall–Kier alpha value is -0.680. The molecule has 2 heterocycles. The third-order valence-corrected chi connectivity index (χ3v) is 3.56. The zero-order valence-electron chi connectivity index (χ0n) is 9.15. The van der Waals surface area contributed by atoms with E-state index in [1.165, 1.54) is 32.4 Å². The Morgan fingerprint density at radius 3 is 2.87 bits per heavy atom. The van der Waals surface area contributed by atoms with Crippen molar-refractivity contribution in [2.24, 2.45) is 5.92 Å². The SMILES string of the molecule is CN1CCC(CCn2cn[nH]c2=S)CC1. The second-order valence-electron chi connectivity index (χ2n) is 4.39. The van der Waals surface area contributed by atoms with Gasteiger partial charge in [-0.2, -0.15) is 5.10 Å². The summed E-state index contributed by atoms with van der Waals surface area (Å²) in [5, 5.41) is 6.71.